The van der Waals surface area contributed by atoms with Crippen LogP contribution in [0.1, 0.15) is 26.2 Å². The number of hydrogen-bond acceptors (Lipinski definition) is 8. The summed E-state index contributed by atoms with van der Waals surface area (Å²) in [5, 5.41) is -6.20. The minimum absolute atomic E-state index is 0.0424. The van der Waals surface area contributed by atoms with Gasteiger partial charge in [0.05, 0.1) is 13.2 Å². The van der Waals surface area contributed by atoms with Crippen molar-refractivity contribution in [1.82, 2.24) is 0 Å². The lowest BCUT2D eigenvalue weighted by molar-refractivity contribution is -0.356. The van der Waals surface area contributed by atoms with Crippen molar-refractivity contribution in [1.29, 1.82) is 0 Å². The number of rotatable bonds is 12. The molecule has 0 aliphatic rings. The normalized spacial score (nSPS) is 15.2. The summed E-state index contributed by atoms with van der Waals surface area (Å²) in [6, 6.07) is 0. The predicted octanol–water partition coefficient (Wildman–Crippen LogP) is 2.50. The second-order valence-electron chi connectivity index (χ2n) is 5.50. The van der Waals surface area contributed by atoms with Gasteiger partial charge in [0.2, 0.25) is 0 Å². The number of alkyl halides is 7. The van der Waals surface area contributed by atoms with Crippen LogP contribution < -0.4 is 0 Å². The van der Waals surface area contributed by atoms with Gasteiger partial charge in [-0.1, -0.05) is 19.9 Å². The van der Waals surface area contributed by atoms with Crippen molar-refractivity contribution < 1.29 is 67.5 Å². The van der Waals surface area contributed by atoms with Crippen LogP contribution in [0.15, 0.2) is 12.7 Å². The molecule has 0 aromatic carbocycles. The molecule has 30 heavy (non-hydrogen) atoms. The second-order valence-corrected chi connectivity index (χ2v) is 6.92. The van der Waals surface area contributed by atoms with Crippen LogP contribution >= 0.6 is 0 Å². The SMILES string of the molecule is C=CC(=O)OC(OCCC(F)(F)C(F)(F)S(=O)(=O)[O-])(C(=O)OCCCC)C(F)(F)F. The molecule has 0 amide bonds. The van der Waals surface area contributed by atoms with Crippen LogP contribution in [-0.2, 0) is 33.9 Å². The summed E-state index contributed by atoms with van der Waals surface area (Å²) in [6.07, 6.45) is -7.90. The molecule has 0 fully saturated rings. The lowest BCUT2D eigenvalue weighted by atomic mass is 10.2. The lowest BCUT2D eigenvalue weighted by Crippen LogP contribution is -2.58. The largest absolute Gasteiger partial charge is 0.743 e. The molecular formula is C14H16F7O8S-. The number of halogens is 7. The first-order chi connectivity index (χ1) is 13.4. The molecule has 0 radical (unpaired) electrons. The van der Waals surface area contributed by atoms with E-state index in [1.807, 2.05) is 0 Å². The van der Waals surface area contributed by atoms with E-state index in [-0.39, 0.29) is 12.5 Å². The third-order valence-corrected chi connectivity index (χ3v) is 4.17. The van der Waals surface area contributed by atoms with Gasteiger partial charge in [-0.15, -0.1) is 0 Å². The molecule has 0 aromatic heterocycles. The van der Waals surface area contributed by atoms with Crippen molar-refractivity contribution in [2.75, 3.05) is 13.2 Å². The molecule has 0 N–H and O–H groups in total. The van der Waals surface area contributed by atoms with Gasteiger partial charge in [-0.05, 0) is 6.42 Å². The van der Waals surface area contributed by atoms with Crippen LogP contribution in [0.4, 0.5) is 30.7 Å². The Morgan fingerprint density at radius 1 is 1.07 bits per heavy atom. The molecule has 0 rings (SSSR count). The van der Waals surface area contributed by atoms with E-state index in [4.69, 9.17) is 0 Å². The first-order valence-corrected chi connectivity index (χ1v) is 9.24. The molecule has 176 valence electrons. The van der Waals surface area contributed by atoms with E-state index in [1.54, 1.807) is 6.92 Å². The molecule has 0 aliphatic heterocycles. The highest BCUT2D eigenvalue weighted by atomic mass is 32.2. The van der Waals surface area contributed by atoms with Gasteiger partial charge in [0, 0.05) is 12.5 Å². The van der Waals surface area contributed by atoms with Gasteiger partial charge in [-0.25, -0.2) is 18.0 Å². The molecule has 16 heteroatoms. The zero-order chi connectivity index (χ0) is 24.0. The maximum Gasteiger partial charge on any atom is 0.468 e. The van der Waals surface area contributed by atoms with Crippen molar-refractivity contribution in [2.45, 2.75) is 49.3 Å². The van der Waals surface area contributed by atoms with Crippen LogP contribution in [0.5, 0.6) is 0 Å². The molecule has 0 aromatic rings. The minimum Gasteiger partial charge on any atom is -0.743 e. The highest BCUT2D eigenvalue weighted by Crippen LogP contribution is 2.42. The minimum atomic E-state index is -6.91. The zero-order valence-corrected chi connectivity index (χ0v) is 16.0. The average Bonchev–Trinajstić information content (AvgIpc) is 2.58. The van der Waals surface area contributed by atoms with Crippen LogP contribution in [0.2, 0.25) is 0 Å². The number of esters is 2. The smallest absolute Gasteiger partial charge is 0.468 e. The molecule has 8 nitrogen and oxygen atoms in total. The number of unbranched alkanes of at least 4 members (excludes halogenated alkanes) is 1. The first kappa shape index (κ1) is 28.1. The molecule has 0 saturated heterocycles. The Balaban J connectivity index is 5.85. The van der Waals surface area contributed by atoms with Gasteiger partial charge in [-0.2, -0.15) is 30.7 Å². The van der Waals surface area contributed by atoms with Crippen molar-refractivity contribution in [3.8, 4) is 0 Å². The molecule has 0 heterocycles. The summed E-state index contributed by atoms with van der Waals surface area (Å²) in [5.74, 6) is -14.7. The summed E-state index contributed by atoms with van der Waals surface area (Å²) < 4.78 is 136. The number of ether oxygens (including phenoxy) is 3. The van der Waals surface area contributed by atoms with Crippen molar-refractivity contribution in [2.24, 2.45) is 0 Å². The molecule has 1 unspecified atom stereocenters. The Morgan fingerprint density at radius 2 is 1.60 bits per heavy atom. The fraction of sp³-hybridized carbons (Fsp3) is 0.714. The second kappa shape index (κ2) is 9.91. The van der Waals surface area contributed by atoms with Gasteiger partial charge in [-0.3, -0.25) is 0 Å². The highest BCUT2D eigenvalue weighted by Gasteiger charge is 2.68. The summed E-state index contributed by atoms with van der Waals surface area (Å²) in [4.78, 5) is 23.1. The Bertz CT molecular complexity index is 735. The summed E-state index contributed by atoms with van der Waals surface area (Å²) in [7, 11) is -6.91. The average molecular weight is 477 g/mol. The Kier molecular flexibility index (Phi) is 9.27. The van der Waals surface area contributed by atoms with Crippen molar-refractivity contribution >= 4 is 22.1 Å². The van der Waals surface area contributed by atoms with E-state index in [9.17, 15) is 53.3 Å². The number of carbonyl (C=O) groups excluding carboxylic acids is 2. The molecule has 0 bridgehead atoms. The topological polar surface area (TPSA) is 119 Å². The lowest BCUT2D eigenvalue weighted by Gasteiger charge is -2.33. The molecular weight excluding hydrogens is 461 g/mol. The van der Waals surface area contributed by atoms with E-state index >= 15 is 0 Å². The van der Waals surface area contributed by atoms with Crippen molar-refractivity contribution in [3.63, 3.8) is 0 Å². The number of hydrogen-bond donors (Lipinski definition) is 0. The Labute approximate surface area is 165 Å². The van der Waals surface area contributed by atoms with Gasteiger partial charge < -0.3 is 18.8 Å². The highest BCUT2D eigenvalue weighted by molar-refractivity contribution is 7.86. The maximum atomic E-state index is 13.5. The van der Waals surface area contributed by atoms with E-state index in [0.29, 0.717) is 6.42 Å². The molecule has 1 atom stereocenters. The van der Waals surface area contributed by atoms with E-state index in [0.717, 1.165) is 0 Å². The van der Waals surface area contributed by atoms with Gasteiger partial charge >= 0.3 is 35.1 Å². The zero-order valence-electron chi connectivity index (χ0n) is 15.1. The Morgan fingerprint density at radius 3 is 2.00 bits per heavy atom. The van der Waals surface area contributed by atoms with Crippen LogP contribution in [-0.4, -0.2) is 61.3 Å². The van der Waals surface area contributed by atoms with Gasteiger partial charge in [0.15, 0.2) is 10.1 Å². The fourth-order valence-electron chi connectivity index (χ4n) is 1.62. The maximum absolute atomic E-state index is 13.5. The van der Waals surface area contributed by atoms with E-state index < -0.39 is 64.8 Å². The Hall–Kier alpha value is -1.94. The summed E-state index contributed by atoms with van der Waals surface area (Å²) in [5.41, 5.74) is 0. The van der Waals surface area contributed by atoms with Crippen LogP contribution in [0.3, 0.4) is 0 Å². The van der Waals surface area contributed by atoms with E-state index in [2.05, 4.69) is 20.8 Å². The molecule has 0 saturated carbocycles. The predicted molar refractivity (Wildman–Crippen MR) is 81.1 cm³/mol. The van der Waals surface area contributed by atoms with E-state index in [1.165, 1.54) is 0 Å². The fourth-order valence-corrected chi connectivity index (χ4v) is 2.09. The molecule has 0 aliphatic carbocycles. The third kappa shape index (κ3) is 6.28. The van der Waals surface area contributed by atoms with Gasteiger partial charge in [0.1, 0.15) is 0 Å². The van der Waals surface area contributed by atoms with Gasteiger partial charge in [0.25, 0.3) is 0 Å². The number of carbonyl (C=O) groups is 2. The van der Waals surface area contributed by atoms with Crippen molar-refractivity contribution in [3.05, 3.63) is 12.7 Å². The quantitative estimate of drug-likeness (QED) is 0.105. The monoisotopic (exact) mass is 477 g/mol. The third-order valence-electron chi connectivity index (χ3n) is 3.25. The summed E-state index contributed by atoms with van der Waals surface area (Å²) in [6.45, 7) is 1.59. The summed E-state index contributed by atoms with van der Waals surface area (Å²) >= 11 is 0. The standard InChI is InChI=1S/C14H17F7O8S/c1-3-5-7-27-10(23)12(13(17,18)19,29-9(22)4-2)28-8-6-11(15,16)14(20,21)30(24,25)26/h4H,2-3,5-8H2,1H3,(H,24,25,26)/p-1. The first-order valence-electron chi connectivity index (χ1n) is 7.84. The van der Waals surface area contributed by atoms with Crippen LogP contribution in [0.25, 0.3) is 0 Å². The van der Waals surface area contributed by atoms with Crippen LogP contribution in [0, 0.1) is 0 Å². The molecule has 0 spiro atoms.